The van der Waals surface area contributed by atoms with E-state index in [-0.39, 0.29) is 11.9 Å². The normalized spacial score (nSPS) is 23.3. The molecule has 6 rings (SSSR count). The Morgan fingerprint density at radius 1 is 0.552 bits per heavy atom. The zero-order valence-electron chi connectivity index (χ0n) is 15.1. The first-order chi connectivity index (χ1) is 13.8. The molecule has 0 aromatic heterocycles. The molecule has 29 heavy (non-hydrogen) atoms. The maximum atomic E-state index is 3.84. The lowest BCUT2D eigenvalue weighted by molar-refractivity contribution is 0.768. The molecule has 0 heterocycles. The second kappa shape index (κ2) is 6.06. The third-order valence-electron chi connectivity index (χ3n) is 6.25. The molecule has 142 valence electrons. The standard InChI is InChI=1S/C25H14Br4/c26-23(27)11-9-17-18-10-12-24(28,29)14-22(18)25(21(17)13-23)19-7-3-1-5-15(19)16-6-2-4-8-20(16)25/h1-14H. The average Bonchev–Trinajstić information content (AvgIpc) is 3.13. The summed E-state index contributed by atoms with van der Waals surface area (Å²) in [5, 5.41) is 0. The van der Waals surface area contributed by atoms with Gasteiger partial charge in [0.15, 0.2) is 0 Å². The molecule has 0 aliphatic heterocycles. The van der Waals surface area contributed by atoms with Gasteiger partial charge in [0, 0.05) is 0 Å². The molecule has 0 atom stereocenters. The van der Waals surface area contributed by atoms with Crippen LogP contribution in [-0.2, 0) is 5.41 Å². The summed E-state index contributed by atoms with van der Waals surface area (Å²) in [6, 6.07) is 17.7. The molecule has 4 heteroatoms. The van der Waals surface area contributed by atoms with E-state index < -0.39 is 0 Å². The van der Waals surface area contributed by atoms with E-state index in [0.29, 0.717) is 0 Å². The van der Waals surface area contributed by atoms with Crippen molar-refractivity contribution >= 4 is 63.7 Å². The smallest absolute Gasteiger partial charge is 0.0634 e. The minimum absolute atomic E-state index is 0.326. The van der Waals surface area contributed by atoms with Crippen molar-refractivity contribution in [2.45, 2.75) is 11.9 Å². The molecule has 4 aliphatic rings. The van der Waals surface area contributed by atoms with Gasteiger partial charge in [-0.1, -0.05) is 137 Å². The Kier molecular flexibility index (Phi) is 3.93. The molecule has 0 saturated heterocycles. The molecular formula is C25H14Br4. The van der Waals surface area contributed by atoms with E-state index in [4.69, 9.17) is 0 Å². The van der Waals surface area contributed by atoms with Crippen LogP contribution in [0.2, 0.25) is 0 Å². The van der Waals surface area contributed by atoms with Gasteiger partial charge in [-0.05, 0) is 56.7 Å². The molecule has 0 radical (unpaired) electrons. The lowest BCUT2D eigenvalue weighted by atomic mass is 9.67. The molecule has 0 fully saturated rings. The Labute approximate surface area is 203 Å². The van der Waals surface area contributed by atoms with Crippen LogP contribution < -0.4 is 0 Å². The summed E-state index contributed by atoms with van der Waals surface area (Å²) in [5.74, 6) is 0. The molecular weight excluding hydrogens is 620 g/mol. The van der Waals surface area contributed by atoms with Gasteiger partial charge in [-0.25, -0.2) is 0 Å². The SMILES string of the molecule is BrC1(Br)C=CC2=C3C=CC(Br)(Br)C=C3C3(C2=C1)c1ccccc1-c1ccccc13. The third-order valence-corrected chi connectivity index (χ3v) is 8.22. The van der Waals surface area contributed by atoms with Crippen LogP contribution in [0.1, 0.15) is 11.1 Å². The molecule has 0 amide bonds. The first-order valence-corrected chi connectivity index (χ1v) is 12.6. The molecule has 1 spiro atoms. The van der Waals surface area contributed by atoms with Gasteiger partial charge in [-0.15, -0.1) is 0 Å². The summed E-state index contributed by atoms with van der Waals surface area (Å²) in [4.78, 5) is 0. The number of alkyl halides is 4. The Hall–Kier alpha value is -0.940. The fourth-order valence-electron chi connectivity index (χ4n) is 5.26. The largest absolute Gasteiger partial charge is 0.117 e. The van der Waals surface area contributed by atoms with Gasteiger partial charge in [0.1, 0.15) is 6.47 Å². The number of hydrogen-bond donors (Lipinski definition) is 0. The Morgan fingerprint density at radius 2 is 0.966 bits per heavy atom. The van der Waals surface area contributed by atoms with Crippen molar-refractivity contribution in [1.29, 1.82) is 0 Å². The van der Waals surface area contributed by atoms with Crippen molar-refractivity contribution in [2.24, 2.45) is 0 Å². The lowest BCUT2D eigenvalue weighted by Crippen LogP contribution is -2.31. The fourth-order valence-corrected chi connectivity index (χ4v) is 6.70. The summed E-state index contributed by atoms with van der Waals surface area (Å²) < 4.78 is -0.701. The number of halogens is 4. The quantitative estimate of drug-likeness (QED) is 0.257. The second-order valence-corrected chi connectivity index (χ2v) is 15.2. The molecule has 2 aromatic rings. The van der Waals surface area contributed by atoms with E-state index >= 15 is 0 Å². The summed E-state index contributed by atoms with van der Waals surface area (Å²) in [5.41, 5.74) is 10.3. The monoisotopic (exact) mass is 630 g/mol. The Morgan fingerprint density at radius 3 is 1.41 bits per heavy atom. The zero-order valence-corrected chi connectivity index (χ0v) is 21.4. The average molecular weight is 634 g/mol. The minimum Gasteiger partial charge on any atom is -0.0634 e. The van der Waals surface area contributed by atoms with E-state index in [1.165, 1.54) is 44.5 Å². The van der Waals surface area contributed by atoms with Crippen molar-refractivity contribution in [3.63, 3.8) is 0 Å². The zero-order chi connectivity index (χ0) is 20.0. The minimum atomic E-state index is -0.351. The number of fused-ring (bicyclic) bond motifs is 9. The van der Waals surface area contributed by atoms with Gasteiger partial charge in [0.2, 0.25) is 0 Å². The van der Waals surface area contributed by atoms with Crippen molar-refractivity contribution in [3.8, 4) is 11.1 Å². The molecule has 0 unspecified atom stereocenters. The van der Waals surface area contributed by atoms with E-state index in [2.05, 4.69) is 149 Å². The fraction of sp³-hybridized carbons (Fsp3) is 0.120. The van der Waals surface area contributed by atoms with Crippen LogP contribution in [-0.4, -0.2) is 6.47 Å². The summed E-state index contributed by atoms with van der Waals surface area (Å²) >= 11 is 15.3. The lowest BCUT2D eigenvalue weighted by Gasteiger charge is -2.36. The molecule has 0 N–H and O–H groups in total. The van der Waals surface area contributed by atoms with Crippen molar-refractivity contribution in [3.05, 3.63) is 118 Å². The molecule has 0 nitrogen and oxygen atoms in total. The highest BCUT2D eigenvalue weighted by molar-refractivity contribution is 9.26. The van der Waals surface area contributed by atoms with E-state index in [1.807, 2.05) is 0 Å². The van der Waals surface area contributed by atoms with Crippen molar-refractivity contribution in [1.82, 2.24) is 0 Å². The summed E-state index contributed by atoms with van der Waals surface area (Å²) in [6.45, 7) is 0. The third kappa shape index (κ3) is 2.46. The Balaban J connectivity index is 1.80. The van der Waals surface area contributed by atoms with Crippen LogP contribution in [0.4, 0.5) is 0 Å². The predicted molar refractivity (Wildman–Crippen MR) is 135 cm³/mol. The first-order valence-electron chi connectivity index (χ1n) is 9.39. The van der Waals surface area contributed by atoms with Crippen LogP contribution in [0.15, 0.2) is 107 Å². The first kappa shape index (κ1) is 18.8. The van der Waals surface area contributed by atoms with Crippen LogP contribution >= 0.6 is 63.7 Å². The van der Waals surface area contributed by atoms with Gasteiger partial charge >= 0.3 is 0 Å². The van der Waals surface area contributed by atoms with Crippen LogP contribution in [0.5, 0.6) is 0 Å². The highest BCUT2D eigenvalue weighted by Crippen LogP contribution is 2.66. The van der Waals surface area contributed by atoms with Gasteiger partial charge in [0.05, 0.1) is 5.41 Å². The van der Waals surface area contributed by atoms with Crippen LogP contribution in [0.3, 0.4) is 0 Å². The predicted octanol–water partition coefficient (Wildman–Crippen LogP) is 8.23. The maximum Gasteiger partial charge on any atom is 0.117 e. The maximum absolute atomic E-state index is 3.84. The highest BCUT2D eigenvalue weighted by Gasteiger charge is 2.56. The van der Waals surface area contributed by atoms with Gasteiger partial charge in [-0.3, -0.25) is 0 Å². The van der Waals surface area contributed by atoms with Crippen LogP contribution in [0, 0.1) is 0 Å². The summed E-state index contributed by atoms with van der Waals surface area (Å²) in [7, 11) is 0. The molecule has 0 bridgehead atoms. The topological polar surface area (TPSA) is 0 Å². The van der Waals surface area contributed by atoms with Gasteiger partial charge in [-0.2, -0.15) is 0 Å². The number of benzene rings is 2. The second-order valence-electron chi connectivity index (χ2n) is 7.80. The van der Waals surface area contributed by atoms with Crippen molar-refractivity contribution < 1.29 is 0 Å². The van der Waals surface area contributed by atoms with E-state index in [9.17, 15) is 0 Å². The van der Waals surface area contributed by atoms with Crippen molar-refractivity contribution in [2.75, 3.05) is 0 Å². The van der Waals surface area contributed by atoms with E-state index in [1.54, 1.807) is 0 Å². The number of hydrogen-bond acceptors (Lipinski definition) is 0. The number of allylic oxidation sites excluding steroid dienone is 10. The number of rotatable bonds is 0. The van der Waals surface area contributed by atoms with Gasteiger partial charge < -0.3 is 0 Å². The molecule has 2 aromatic carbocycles. The molecule has 4 aliphatic carbocycles. The van der Waals surface area contributed by atoms with Gasteiger partial charge in [0.25, 0.3) is 0 Å². The summed E-state index contributed by atoms with van der Waals surface area (Å²) in [6.07, 6.45) is 13.5. The van der Waals surface area contributed by atoms with E-state index in [0.717, 1.165) is 0 Å². The van der Waals surface area contributed by atoms with Crippen LogP contribution in [0.25, 0.3) is 11.1 Å². The Bertz CT molecular complexity index is 1150. The highest BCUT2D eigenvalue weighted by atomic mass is 79.9. The molecule has 0 saturated carbocycles.